The van der Waals surface area contributed by atoms with Crippen molar-refractivity contribution in [3.8, 4) is 11.4 Å². The number of hydrogen-bond donors (Lipinski definition) is 1. The zero-order chi connectivity index (χ0) is 19.2. The van der Waals surface area contributed by atoms with E-state index in [0.29, 0.717) is 31.1 Å². The van der Waals surface area contributed by atoms with Gasteiger partial charge in [0.25, 0.3) is 0 Å². The Bertz CT molecular complexity index is 1060. The molecule has 0 unspecified atom stereocenters. The first kappa shape index (κ1) is 17.8. The molecular weight excluding hydrogens is 356 g/mol. The summed E-state index contributed by atoms with van der Waals surface area (Å²) in [6.07, 6.45) is 6.74. The van der Waals surface area contributed by atoms with Gasteiger partial charge < -0.3 is 14.4 Å². The van der Waals surface area contributed by atoms with Crippen molar-refractivity contribution in [1.29, 1.82) is 0 Å². The van der Waals surface area contributed by atoms with Gasteiger partial charge in [-0.05, 0) is 30.7 Å². The molecule has 0 spiro atoms. The summed E-state index contributed by atoms with van der Waals surface area (Å²) in [4.78, 5) is 24.7. The third-order valence-electron chi connectivity index (χ3n) is 4.40. The summed E-state index contributed by atoms with van der Waals surface area (Å²) in [6, 6.07) is 11.6. The lowest BCUT2D eigenvalue weighted by molar-refractivity contribution is -0.121. The fourth-order valence-corrected chi connectivity index (χ4v) is 2.95. The zero-order valence-corrected chi connectivity index (χ0v) is 15.3. The predicted molar refractivity (Wildman–Crippen MR) is 103 cm³/mol. The second kappa shape index (κ2) is 8.43. The highest BCUT2D eigenvalue weighted by Gasteiger charge is 2.10. The van der Waals surface area contributed by atoms with Crippen molar-refractivity contribution in [1.82, 2.24) is 30.0 Å². The number of amides is 1. The summed E-state index contributed by atoms with van der Waals surface area (Å²) in [6.45, 7) is 1.41. The largest absolute Gasteiger partial charge is 0.356 e. The fourth-order valence-electron chi connectivity index (χ4n) is 2.95. The molecule has 0 saturated carbocycles. The van der Waals surface area contributed by atoms with Crippen LogP contribution >= 0.6 is 0 Å². The molecule has 0 aliphatic heterocycles. The minimum atomic E-state index is -0.0286. The van der Waals surface area contributed by atoms with Crippen LogP contribution in [0.5, 0.6) is 0 Å². The zero-order valence-electron chi connectivity index (χ0n) is 15.3. The highest BCUT2D eigenvalue weighted by molar-refractivity contribution is 5.76. The number of pyridine rings is 1. The standard InChI is InChI=1S/C20H20N6O2/c27-18(6-7-19-24-20(25-28-19)15-8-11-21-12-9-15)22-10-3-13-26-14-23-16-4-1-2-5-17(16)26/h1-2,4-5,8-9,11-12,14H,3,6-7,10,13H2,(H,22,27). The molecule has 0 bridgehead atoms. The molecule has 0 fully saturated rings. The van der Waals surface area contributed by atoms with Gasteiger partial charge in [-0.2, -0.15) is 4.98 Å². The van der Waals surface area contributed by atoms with Gasteiger partial charge in [0.2, 0.25) is 17.6 Å². The van der Waals surface area contributed by atoms with Crippen molar-refractivity contribution >= 4 is 16.9 Å². The van der Waals surface area contributed by atoms with Gasteiger partial charge in [-0.15, -0.1) is 0 Å². The van der Waals surface area contributed by atoms with Gasteiger partial charge in [0.1, 0.15) is 0 Å². The van der Waals surface area contributed by atoms with Crippen LogP contribution in [0.2, 0.25) is 0 Å². The van der Waals surface area contributed by atoms with E-state index in [1.54, 1.807) is 12.4 Å². The van der Waals surface area contributed by atoms with Crippen LogP contribution < -0.4 is 5.32 Å². The number of carbonyl (C=O) groups is 1. The van der Waals surface area contributed by atoms with E-state index in [9.17, 15) is 4.79 Å². The van der Waals surface area contributed by atoms with Crippen molar-refractivity contribution in [3.63, 3.8) is 0 Å². The molecule has 0 aliphatic rings. The number of rotatable bonds is 8. The number of nitrogens with zero attached hydrogens (tertiary/aromatic N) is 5. The number of carbonyl (C=O) groups excluding carboxylic acids is 1. The Morgan fingerprint density at radius 2 is 2.00 bits per heavy atom. The molecule has 0 radical (unpaired) electrons. The molecule has 28 heavy (non-hydrogen) atoms. The van der Waals surface area contributed by atoms with Crippen LogP contribution in [-0.2, 0) is 17.8 Å². The van der Waals surface area contributed by atoms with E-state index < -0.39 is 0 Å². The van der Waals surface area contributed by atoms with Gasteiger partial charge in [0.05, 0.1) is 17.4 Å². The molecule has 4 rings (SSSR count). The van der Waals surface area contributed by atoms with Gasteiger partial charge in [-0.25, -0.2) is 4.98 Å². The van der Waals surface area contributed by atoms with Crippen molar-refractivity contribution < 1.29 is 9.32 Å². The molecule has 0 saturated heterocycles. The smallest absolute Gasteiger partial charge is 0.227 e. The van der Waals surface area contributed by atoms with E-state index in [2.05, 4.69) is 30.0 Å². The second-order valence-corrected chi connectivity index (χ2v) is 6.38. The molecule has 3 heterocycles. The minimum absolute atomic E-state index is 0.0286. The van der Waals surface area contributed by atoms with Crippen LogP contribution in [0.4, 0.5) is 0 Å². The molecule has 1 N–H and O–H groups in total. The van der Waals surface area contributed by atoms with Crippen molar-refractivity contribution in [2.24, 2.45) is 0 Å². The van der Waals surface area contributed by atoms with Crippen LogP contribution in [-0.4, -0.2) is 37.1 Å². The first-order chi connectivity index (χ1) is 13.8. The first-order valence-corrected chi connectivity index (χ1v) is 9.19. The molecule has 1 aromatic carbocycles. The monoisotopic (exact) mass is 376 g/mol. The first-order valence-electron chi connectivity index (χ1n) is 9.19. The number of hydrogen-bond acceptors (Lipinski definition) is 6. The van der Waals surface area contributed by atoms with Crippen LogP contribution in [0.1, 0.15) is 18.7 Å². The second-order valence-electron chi connectivity index (χ2n) is 6.38. The summed E-state index contributed by atoms with van der Waals surface area (Å²) in [7, 11) is 0. The molecule has 0 atom stereocenters. The molecule has 8 nitrogen and oxygen atoms in total. The van der Waals surface area contributed by atoms with Gasteiger partial charge in [-0.1, -0.05) is 17.3 Å². The lowest BCUT2D eigenvalue weighted by Gasteiger charge is -2.06. The highest BCUT2D eigenvalue weighted by Crippen LogP contribution is 2.15. The summed E-state index contributed by atoms with van der Waals surface area (Å²) < 4.78 is 7.31. The Kier molecular flexibility index (Phi) is 5.37. The van der Waals surface area contributed by atoms with E-state index >= 15 is 0 Å². The number of aryl methyl sites for hydroxylation is 2. The van der Waals surface area contributed by atoms with Crippen LogP contribution in [0.25, 0.3) is 22.4 Å². The van der Waals surface area contributed by atoms with Gasteiger partial charge >= 0.3 is 0 Å². The summed E-state index contributed by atoms with van der Waals surface area (Å²) in [5.41, 5.74) is 2.92. The Hall–Kier alpha value is -3.55. The third kappa shape index (κ3) is 4.22. The maximum absolute atomic E-state index is 12.0. The SMILES string of the molecule is O=C(CCc1nc(-c2ccncc2)no1)NCCCn1cnc2ccccc21. The normalized spacial score (nSPS) is 11.0. The maximum Gasteiger partial charge on any atom is 0.227 e. The van der Waals surface area contributed by atoms with Crippen LogP contribution in [0, 0.1) is 0 Å². The molecule has 8 heteroatoms. The maximum atomic E-state index is 12.0. The van der Waals surface area contributed by atoms with Gasteiger partial charge in [0.15, 0.2) is 0 Å². The molecule has 3 aromatic heterocycles. The van der Waals surface area contributed by atoms with Crippen molar-refractivity contribution in [2.45, 2.75) is 25.8 Å². The highest BCUT2D eigenvalue weighted by atomic mass is 16.5. The Labute approximate surface area is 161 Å². The Balaban J connectivity index is 1.20. The minimum Gasteiger partial charge on any atom is -0.356 e. The Morgan fingerprint density at radius 1 is 1.14 bits per heavy atom. The molecule has 142 valence electrons. The number of para-hydroxylation sites is 2. The van der Waals surface area contributed by atoms with Gasteiger partial charge in [0, 0.05) is 43.9 Å². The Morgan fingerprint density at radius 3 is 2.89 bits per heavy atom. The van der Waals surface area contributed by atoms with Crippen LogP contribution in [0.3, 0.4) is 0 Å². The lowest BCUT2D eigenvalue weighted by atomic mass is 10.2. The molecular formula is C20H20N6O2. The van der Waals surface area contributed by atoms with Crippen LogP contribution in [0.15, 0.2) is 59.6 Å². The van der Waals surface area contributed by atoms with E-state index in [1.807, 2.05) is 42.7 Å². The summed E-state index contributed by atoms with van der Waals surface area (Å²) in [5, 5.41) is 6.87. The number of aromatic nitrogens is 5. The predicted octanol–water partition coefficient (Wildman–Crippen LogP) is 2.62. The average molecular weight is 376 g/mol. The fraction of sp³-hybridized carbons (Fsp3) is 0.250. The van der Waals surface area contributed by atoms with Crippen molar-refractivity contribution in [3.05, 3.63) is 61.0 Å². The number of benzene rings is 1. The van der Waals surface area contributed by atoms with E-state index in [0.717, 1.165) is 29.6 Å². The topological polar surface area (TPSA) is 98.7 Å². The molecule has 0 aliphatic carbocycles. The third-order valence-corrected chi connectivity index (χ3v) is 4.40. The van der Waals surface area contributed by atoms with Gasteiger partial charge in [-0.3, -0.25) is 9.78 Å². The summed E-state index contributed by atoms with van der Waals surface area (Å²) in [5.74, 6) is 0.927. The lowest BCUT2D eigenvalue weighted by Crippen LogP contribution is -2.25. The van der Waals surface area contributed by atoms with Crippen molar-refractivity contribution in [2.75, 3.05) is 6.54 Å². The van der Waals surface area contributed by atoms with E-state index in [-0.39, 0.29) is 5.91 Å². The number of imidazole rings is 1. The number of fused-ring (bicyclic) bond motifs is 1. The number of nitrogens with one attached hydrogen (secondary N) is 1. The molecule has 4 aromatic rings. The summed E-state index contributed by atoms with van der Waals surface area (Å²) >= 11 is 0. The average Bonchev–Trinajstić information content (AvgIpc) is 3.38. The van der Waals surface area contributed by atoms with E-state index in [1.165, 1.54) is 0 Å². The molecule has 1 amide bonds. The quantitative estimate of drug-likeness (QED) is 0.475. The van der Waals surface area contributed by atoms with E-state index in [4.69, 9.17) is 4.52 Å².